The first-order valence-corrected chi connectivity index (χ1v) is 14.4. The van der Waals surface area contributed by atoms with Crippen molar-refractivity contribution in [3.8, 4) is 5.75 Å². The Hall–Kier alpha value is -2.84. The average molecular weight is 516 g/mol. The van der Waals surface area contributed by atoms with Gasteiger partial charge in [0, 0.05) is 43.8 Å². The molecule has 3 aromatic rings. The van der Waals surface area contributed by atoms with Gasteiger partial charge < -0.3 is 19.7 Å². The van der Waals surface area contributed by atoms with Crippen LogP contribution in [0.3, 0.4) is 0 Å². The lowest BCUT2D eigenvalue weighted by Gasteiger charge is -2.41. The summed E-state index contributed by atoms with van der Waals surface area (Å²) in [5, 5.41) is 4.59. The van der Waals surface area contributed by atoms with E-state index >= 15 is 0 Å². The predicted molar refractivity (Wildman–Crippen MR) is 145 cm³/mol. The Morgan fingerprint density at radius 1 is 0.919 bits per heavy atom. The third kappa shape index (κ3) is 4.55. The molecule has 0 amide bonds. The van der Waals surface area contributed by atoms with Gasteiger partial charge in [0.25, 0.3) is 0 Å². The minimum absolute atomic E-state index is 0.0544. The van der Waals surface area contributed by atoms with Gasteiger partial charge in [-0.15, -0.1) is 0 Å². The monoisotopic (exact) mass is 515 g/mol. The Morgan fingerprint density at radius 2 is 1.70 bits per heavy atom. The Morgan fingerprint density at radius 3 is 2.43 bits per heavy atom. The highest BCUT2D eigenvalue weighted by molar-refractivity contribution is 7.98. The quantitative estimate of drug-likeness (QED) is 0.492. The fourth-order valence-corrected chi connectivity index (χ4v) is 7.20. The van der Waals surface area contributed by atoms with E-state index in [1.54, 1.807) is 22.9 Å². The average Bonchev–Trinajstić information content (AvgIpc) is 3.30. The largest absolute Gasteiger partial charge is 0.487 e. The molecule has 37 heavy (non-hydrogen) atoms. The molecule has 2 aromatic heterocycles. The van der Waals surface area contributed by atoms with Crippen molar-refractivity contribution in [2.24, 2.45) is 5.41 Å². The lowest BCUT2D eigenvalue weighted by Crippen LogP contribution is -2.51. The second-order valence-electron chi connectivity index (χ2n) is 11.1. The molecule has 0 atom stereocenters. The van der Waals surface area contributed by atoms with Gasteiger partial charge in [-0.3, -0.25) is 0 Å². The number of rotatable bonds is 4. The summed E-state index contributed by atoms with van der Waals surface area (Å²) in [6, 6.07) is 11.0. The molecule has 1 aliphatic carbocycles. The minimum atomic E-state index is -0.0544. The van der Waals surface area contributed by atoms with E-state index in [1.165, 1.54) is 25.7 Å². The molecule has 0 bridgehead atoms. The maximum atomic E-state index is 6.26. The van der Waals surface area contributed by atoms with Crippen LogP contribution in [0.15, 0.2) is 53.9 Å². The van der Waals surface area contributed by atoms with Crippen LogP contribution in [0.4, 0.5) is 11.6 Å². The van der Waals surface area contributed by atoms with E-state index in [0.29, 0.717) is 12.0 Å². The molecule has 0 radical (unpaired) electrons. The molecule has 3 aliphatic heterocycles. The SMILES string of the molecule is c1ccc2c(c1)CC1(CCN(c3cnc(SCc4ccnc5c4OCC4(CCOCC4)N5)cn3)CC1)C2. The molecule has 1 N–H and O–H groups in total. The van der Waals surface area contributed by atoms with Crippen molar-refractivity contribution in [1.82, 2.24) is 15.0 Å². The van der Waals surface area contributed by atoms with Gasteiger partial charge >= 0.3 is 0 Å². The number of fused-ring (bicyclic) bond motifs is 2. The maximum Gasteiger partial charge on any atom is 0.169 e. The van der Waals surface area contributed by atoms with Crippen molar-refractivity contribution < 1.29 is 9.47 Å². The second kappa shape index (κ2) is 9.48. The van der Waals surface area contributed by atoms with Gasteiger partial charge in [-0.25, -0.2) is 15.0 Å². The van der Waals surface area contributed by atoms with Gasteiger partial charge in [0.15, 0.2) is 11.6 Å². The summed E-state index contributed by atoms with van der Waals surface area (Å²) in [7, 11) is 0. The minimum Gasteiger partial charge on any atom is -0.487 e. The van der Waals surface area contributed by atoms with Crippen LogP contribution in [0.1, 0.15) is 42.4 Å². The number of anilines is 2. The van der Waals surface area contributed by atoms with Crippen LogP contribution in [-0.4, -0.2) is 53.4 Å². The normalized spacial score (nSPS) is 21.2. The Bertz CT molecular complexity index is 1240. The summed E-state index contributed by atoms with van der Waals surface area (Å²) in [4.78, 5) is 16.5. The van der Waals surface area contributed by atoms with Crippen LogP contribution in [0.25, 0.3) is 0 Å². The first-order chi connectivity index (χ1) is 18.2. The maximum absolute atomic E-state index is 6.26. The zero-order valence-electron chi connectivity index (χ0n) is 21.1. The number of thioether (sulfide) groups is 1. The smallest absolute Gasteiger partial charge is 0.169 e. The van der Waals surface area contributed by atoms with Crippen molar-refractivity contribution in [2.45, 2.75) is 54.8 Å². The molecule has 1 aromatic carbocycles. The fraction of sp³-hybridized carbons (Fsp3) is 0.483. The molecule has 4 aliphatic rings. The summed E-state index contributed by atoms with van der Waals surface area (Å²) >= 11 is 1.69. The van der Waals surface area contributed by atoms with E-state index < -0.39 is 0 Å². The number of ether oxygens (including phenoxy) is 2. The Balaban J connectivity index is 0.961. The molecular weight excluding hydrogens is 482 g/mol. The Labute approximate surface area is 222 Å². The van der Waals surface area contributed by atoms with E-state index in [1.807, 2.05) is 24.7 Å². The van der Waals surface area contributed by atoms with Crippen LogP contribution in [0, 0.1) is 5.41 Å². The number of piperidine rings is 1. The number of nitrogens with zero attached hydrogens (tertiary/aromatic N) is 4. The van der Waals surface area contributed by atoms with Crippen LogP contribution in [0.2, 0.25) is 0 Å². The number of benzene rings is 1. The number of hydrogen-bond acceptors (Lipinski definition) is 8. The van der Waals surface area contributed by atoms with Gasteiger partial charge in [0.1, 0.15) is 17.5 Å². The van der Waals surface area contributed by atoms with Gasteiger partial charge in [-0.2, -0.15) is 0 Å². The first kappa shape index (κ1) is 23.3. The van der Waals surface area contributed by atoms with E-state index in [0.717, 1.165) is 72.9 Å². The third-order valence-electron chi connectivity index (χ3n) is 8.70. The molecule has 0 saturated carbocycles. The van der Waals surface area contributed by atoms with Crippen molar-refractivity contribution >= 4 is 23.4 Å². The molecule has 8 heteroatoms. The number of nitrogens with one attached hydrogen (secondary N) is 1. The van der Waals surface area contributed by atoms with E-state index in [4.69, 9.17) is 19.4 Å². The van der Waals surface area contributed by atoms with Crippen molar-refractivity contribution in [2.75, 3.05) is 43.1 Å². The van der Waals surface area contributed by atoms with Gasteiger partial charge in [0.2, 0.25) is 0 Å². The molecule has 2 saturated heterocycles. The van der Waals surface area contributed by atoms with Crippen molar-refractivity contribution in [1.29, 1.82) is 0 Å². The van der Waals surface area contributed by atoms with Crippen molar-refractivity contribution in [3.63, 3.8) is 0 Å². The number of pyridine rings is 1. The summed E-state index contributed by atoms with van der Waals surface area (Å²) in [6.07, 6.45) is 12.5. The number of aromatic nitrogens is 3. The van der Waals surface area contributed by atoms with E-state index in [9.17, 15) is 0 Å². The lowest BCUT2D eigenvalue weighted by molar-refractivity contribution is 0.0383. The van der Waals surface area contributed by atoms with E-state index in [-0.39, 0.29) is 5.54 Å². The highest BCUT2D eigenvalue weighted by Crippen LogP contribution is 2.45. The number of hydrogen-bond donors (Lipinski definition) is 1. The van der Waals surface area contributed by atoms with E-state index in [2.05, 4.69) is 39.5 Å². The molecule has 192 valence electrons. The standard InChI is InChI=1S/C29H33N5O2S/c1-2-4-22-16-28(15-21(22)3-1)6-11-34(12-7-28)24-17-32-25(18-31-24)37-19-23-5-10-30-27-26(23)36-20-29(33-27)8-13-35-14-9-29/h1-5,10,17-18H,6-9,11-16,19-20H2,(H,30,33). The Kier molecular flexibility index (Phi) is 5.96. The third-order valence-corrected chi connectivity index (χ3v) is 9.66. The van der Waals surface area contributed by atoms with Gasteiger partial charge in [-0.05, 0) is 61.1 Å². The van der Waals surface area contributed by atoms with Crippen LogP contribution < -0.4 is 15.0 Å². The molecule has 7 rings (SSSR count). The molecule has 0 unspecified atom stereocenters. The molecule has 5 heterocycles. The van der Waals surface area contributed by atoms with Crippen LogP contribution >= 0.6 is 11.8 Å². The molecule has 7 nitrogen and oxygen atoms in total. The highest BCUT2D eigenvalue weighted by Gasteiger charge is 2.40. The summed E-state index contributed by atoms with van der Waals surface area (Å²) in [6.45, 7) is 4.29. The summed E-state index contributed by atoms with van der Waals surface area (Å²) < 4.78 is 11.8. The van der Waals surface area contributed by atoms with Crippen molar-refractivity contribution in [3.05, 3.63) is 65.6 Å². The second-order valence-corrected chi connectivity index (χ2v) is 12.1. The zero-order valence-corrected chi connectivity index (χ0v) is 21.9. The summed E-state index contributed by atoms with van der Waals surface area (Å²) in [5.74, 6) is 3.47. The molecule has 2 spiro atoms. The highest BCUT2D eigenvalue weighted by atomic mass is 32.2. The molecular formula is C29H33N5O2S. The zero-order chi connectivity index (χ0) is 24.7. The van der Waals surface area contributed by atoms with Gasteiger partial charge in [-0.1, -0.05) is 36.0 Å². The van der Waals surface area contributed by atoms with Crippen LogP contribution in [-0.2, 0) is 23.3 Å². The first-order valence-electron chi connectivity index (χ1n) is 13.4. The summed E-state index contributed by atoms with van der Waals surface area (Å²) in [5.41, 5.74) is 4.62. The predicted octanol–water partition coefficient (Wildman–Crippen LogP) is 4.90. The molecule has 2 fully saturated rings. The lowest BCUT2D eigenvalue weighted by atomic mass is 9.76. The topological polar surface area (TPSA) is 72.4 Å². The van der Waals surface area contributed by atoms with Crippen LogP contribution in [0.5, 0.6) is 5.75 Å². The van der Waals surface area contributed by atoms with Gasteiger partial charge in [0.05, 0.1) is 17.9 Å². The fourth-order valence-electron chi connectivity index (χ4n) is 6.42.